The summed E-state index contributed by atoms with van der Waals surface area (Å²) in [5, 5.41) is 0. The second kappa shape index (κ2) is 8.98. The van der Waals surface area contributed by atoms with Gasteiger partial charge in [0.2, 0.25) is 0 Å². The molecule has 4 aliphatic carbocycles. The topological polar surface area (TPSA) is 52.6 Å². The Hall–Kier alpha value is -1.74. The lowest BCUT2D eigenvalue weighted by Gasteiger charge is -2.60. The Morgan fingerprint density at radius 3 is 1.94 bits per heavy atom. The van der Waals surface area contributed by atoms with Gasteiger partial charge in [-0.1, -0.05) is 26.7 Å². The van der Waals surface area contributed by atoms with Crippen LogP contribution in [0, 0.1) is 40.4 Å². The van der Waals surface area contributed by atoms with Crippen LogP contribution in [0.1, 0.15) is 78.1 Å². The molecule has 0 aromatic carbocycles. The molecule has 7 atom stereocenters. The minimum atomic E-state index is -5.45. The molecule has 4 aliphatic rings. The van der Waals surface area contributed by atoms with Crippen molar-refractivity contribution in [2.75, 3.05) is 0 Å². The standard InChI is InChI=1S/C25H32F6O4/c1-22-11-4-3-5-14(22)6-8-16-17-9-7-15(23(17,2)12-10-18(16)22)13-19(34-20(32)24(26,27)28)35-21(33)25(29,30)31/h13-18H,3-12H2,1-2H3/t14?,15-,16+,17+,18+,22+,23-/m1/s1. The van der Waals surface area contributed by atoms with Crippen LogP contribution in [0.15, 0.2) is 12.0 Å². The molecule has 198 valence electrons. The van der Waals surface area contributed by atoms with Crippen molar-refractivity contribution < 1.29 is 45.4 Å². The Bertz CT molecular complexity index is 850. The van der Waals surface area contributed by atoms with E-state index in [-0.39, 0.29) is 16.7 Å². The summed E-state index contributed by atoms with van der Waals surface area (Å²) in [6.45, 7) is 4.43. The molecule has 4 nitrogen and oxygen atoms in total. The maximum Gasteiger partial charge on any atom is 0.491 e. The molecular weight excluding hydrogens is 478 g/mol. The van der Waals surface area contributed by atoms with Gasteiger partial charge in [-0.05, 0) is 91.8 Å². The van der Waals surface area contributed by atoms with Crippen molar-refractivity contribution in [3.05, 3.63) is 12.0 Å². The molecule has 10 heteroatoms. The van der Waals surface area contributed by atoms with E-state index in [0.29, 0.717) is 24.2 Å². The molecule has 0 aromatic heterocycles. The highest BCUT2D eigenvalue weighted by Crippen LogP contribution is 2.67. The van der Waals surface area contributed by atoms with Crippen LogP contribution in [-0.4, -0.2) is 24.3 Å². The zero-order chi connectivity index (χ0) is 25.8. The number of halogens is 6. The van der Waals surface area contributed by atoms with E-state index in [0.717, 1.165) is 38.2 Å². The first kappa shape index (κ1) is 26.3. The molecule has 0 radical (unpaired) electrons. The van der Waals surface area contributed by atoms with Gasteiger partial charge in [0, 0.05) is 6.08 Å². The molecule has 4 saturated carbocycles. The number of alkyl halides is 6. The minimum Gasteiger partial charge on any atom is -0.386 e. The highest BCUT2D eigenvalue weighted by Gasteiger charge is 2.59. The number of esters is 2. The SMILES string of the molecule is C[C@]12CC[C@H]3[C@@H](CCC4CCCC[C@@]43C)[C@@H]1CC[C@@H]2C=C(OC(=O)C(F)(F)F)OC(=O)C(F)(F)F. The number of ether oxygens (including phenoxy) is 2. The van der Waals surface area contributed by atoms with Crippen LogP contribution in [0.3, 0.4) is 0 Å². The third-order valence-electron chi connectivity index (χ3n) is 9.84. The monoisotopic (exact) mass is 510 g/mol. The fourth-order valence-corrected chi connectivity index (χ4v) is 8.16. The number of carbonyl (C=O) groups is 2. The van der Waals surface area contributed by atoms with Crippen molar-refractivity contribution in [3.63, 3.8) is 0 Å². The van der Waals surface area contributed by atoms with Crippen molar-refractivity contribution >= 4 is 11.9 Å². The summed E-state index contributed by atoms with van der Waals surface area (Å²) in [7, 11) is 0. The maximum atomic E-state index is 12.7. The van der Waals surface area contributed by atoms with Gasteiger partial charge < -0.3 is 9.47 Å². The van der Waals surface area contributed by atoms with Crippen molar-refractivity contribution in [1.82, 2.24) is 0 Å². The molecule has 0 heterocycles. The summed E-state index contributed by atoms with van der Waals surface area (Å²) in [6.07, 6.45) is 0.325. The van der Waals surface area contributed by atoms with Crippen molar-refractivity contribution in [2.45, 2.75) is 90.4 Å². The van der Waals surface area contributed by atoms with E-state index in [1.807, 2.05) is 6.92 Å². The zero-order valence-electron chi connectivity index (χ0n) is 19.9. The second-order valence-corrected chi connectivity index (χ2v) is 11.4. The highest BCUT2D eigenvalue weighted by atomic mass is 19.4. The molecule has 0 bridgehead atoms. The van der Waals surface area contributed by atoms with Crippen LogP contribution in [0.25, 0.3) is 0 Å². The first-order valence-corrected chi connectivity index (χ1v) is 12.5. The van der Waals surface area contributed by atoms with Crippen molar-refractivity contribution in [3.8, 4) is 0 Å². The molecular formula is C25H32F6O4. The minimum absolute atomic E-state index is 0.264. The lowest BCUT2D eigenvalue weighted by molar-refractivity contribution is -0.211. The molecule has 0 saturated heterocycles. The summed E-state index contributed by atoms with van der Waals surface area (Å²) in [6, 6.07) is 0. The van der Waals surface area contributed by atoms with E-state index in [4.69, 9.17) is 0 Å². The summed E-state index contributed by atoms with van der Waals surface area (Å²) in [5.41, 5.74) is -0.106. The first-order valence-electron chi connectivity index (χ1n) is 12.5. The molecule has 0 aliphatic heterocycles. The molecule has 0 N–H and O–H groups in total. The Kier molecular flexibility index (Phi) is 6.75. The molecule has 0 aromatic rings. The predicted molar refractivity (Wildman–Crippen MR) is 112 cm³/mol. The molecule has 4 rings (SSSR count). The van der Waals surface area contributed by atoms with E-state index < -0.39 is 36.2 Å². The summed E-state index contributed by atoms with van der Waals surface area (Å²) >= 11 is 0. The molecule has 1 unspecified atom stereocenters. The summed E-state index contributed by atoms with van der Waals surface area (Å²) < 4.78 is 84.6. The second-order valence-electron chi connectivity index (χ2n) is 11.4. The predicted octanol–water partition coefficient (Wildman–Crippen LogP) is 7.09. The zero-order valence-corrected chi connectivity index (χ0v) is 19.9. The number of carbonyl (C=O) groups excluding carboxylic acids is 2. The number of allylic oxidation sites excluding steroid dienone is 1. The van der Waals surface area contributed by atoms with Gasteiger partial charge in [0.25, 0.3) is 5.95 Å². The van der Waals surface area contributed by atoms with Gasteiger partial charge in [0.05, 0.1) is 0 Å². The fourth-order valence-electron chi connectivity index (χ4n) is 8.16. The normalized spacial score (nSPS) is 39.0. The Labute approximate surface area is 200 Å². The van der Waals surface area contributed by atoms with Crippen LogP contribution < -0.4 is 0 Å². The van der Waals surface area contributed by atoms with Crippen molar-refractivity contribution in [2.24, 2.45) is 40.4 Å². The van der Waals surface area contributed by atoms with Crippen LogP contribution >= 0.6 is 0 Å². The molecule has 4 fully saturated rings. The Morgan fingerprint density at radius 1 is 0.743 bits per heavy atom. The van der Waals surface area contributed by atoms with Gasteiger partial charge in [0.15, 0.2) is 0 Å². The van der Waals surface area contributed by atoms with E-state index in [9.17, 15) is 35.9 Å². The van der Waals surface area contributed by atoms with Gasteiger partial charge in [-0.2, -0.15) is 26.3 Å². The Balaban J connectivity index is 1.58. The lowest BCUT2D eigenvalue weighted by atomic mass is 9.45. The van der Waals surface area contributed by atoms with Crippen LogP contribution in [-0.2, 0) is 19.1 Å². The van der Waals surface area contributed by atoms with Crippen LogP contribution in [0.4, 0.5) is 26.3 Å². The van der Waals surface area contributed by atoms with E-state index in [1.165, 1.54) is 25.7 Å². The number of rotatable bonds is 3. The summed E-state index contributed by atoms with van der Waals surface area (Å²) in [4.78, 5) is 22.7. The Morgan fingerprint density at radius 2 is 1.34 bits per heavy atom. The third kappa shape index (κ3) is 4.82. The largest absolute Gasteiger partial charge is 0.491 e. The smallest absolute Gasteiger partial charge is 0.386 e. The summed E-state index contributed by atoms with van der Waals surface area (Å²) in [5.74, 6) is -5.28. The average molecular weight is 511 g/mol. The highest BCUT2D eigenvalue weighted by molar-refractivity contribution is 5.79. The van der Waals surface area contributed by atoms with Gasteiger partial charge in [-0.25, -0.2) is 9.59 Å². The number of fused-ring (bicyclic) bond motifs is 5. The van der Waals surface area contributed by atoms with Crippen molar-refractivity contribution in [1.29, 1.82) is 0 Å². The molecule has 0 amide bonds. The van der Waals surface area contributed by atoms with Gasteiger partial charge in [-0.3, -0.25) is 0 Å². The van der Waals surface area contributed by atoms with Crippen LogP contribution in [0.2, 0.25) is 0 Å². The fraction of sp³-hybridized carbons (Fsp3) is 0.840. The van der Waals surface area contributed by atoms with Crippen LogP contribution in [0.5, 0.6) is 0 Å². The average Bonchev–Trinajstić information content (AvgIpc) is 3.08. The first-order chi connectivity index (χ1) is 16.2. The lowest BCUT2D eigenvalue weighted by Crippen LogP contribution is -2.52. The van der Waals surface area contributed by atoms with Gasteiger partial charge in [-0.15, -0.1) is 0 Å². The molecule has 35 heavy (non-hydrogen) atoms. The third-order valence-corrected chi connectivity index (χ3v) is 9.84. The van der Waals surface area contributed by atoms with E-state index >= 15 is 0 Å². The maximum absolute atomic E-state index is 12.7. The van der Waals surface area contributed by atoms with E-state index in [1.54, 1.807) is 0 Å². The van der Waals surface area contributed by atoms with E-state index in [2.05, 4.69) is 16.4 Å². The van der Waals surface area contributed by atoms with Gasteiger partial charge >= 0.3 is 24.3 Å². The quantitative estimate of drug-likeness (QED) is 0.231. The molecule has 0 spiro atoms. The number of hydrogen-bond donors (Lipinski definition) is 0. The van der Waals surface area contributed by atoms with Gasteiger partial charge in [0.1, 0.15) is 0 Å². The number of hydrogen-bond acceptors (Lipinski definition) is 4.